The van der Waals surface area contributed by atoms with Crippen LogP contribution in [0.25, 0.3) is 0 Å². The summed E-state index contributed by atoms with van der Waals surface area (Å²) in [5.74, 6) is -0.886. The summed E-state index contributed by atoms with van der Waals surface area (Å²) < 4.78 is 14.6. The lowest BCUT2D eigenvalue weighted by Crippen LogP contribution is -2.42. The van der Waals surface area contributed by atoms with Crippen LogP contribution in [0.1, 0.15) is 38.3 Å². The number of aryl methyl sites for hydroxylation is 1. The topological polar surface area (TPSA) is 69.6 Å². The fraction of sp³-hybridized carbons (Fsp3) is 0.722. The largest absolute Gasteiger partial charge is 0.481 e. The van der Waals surface area contributed by atoms with Crippen molar-refractivity contribution < 1.29 is 14.3 Å². The van der Waals surface area contributed by atoms with Crippen LogP contribution in [0.5, 0.6) is 0 Å². The fourth-order valence-corrected chi connectivity index (χ4v) is 4.98. The minimum atomic E-state index is -0.813. The first kappa shape index (κ1) is 16.7. The second-order valence-electron chi connectivity index (χ2n) is 7.72. The van der Waals surface area contributed by atoms with Crippen molar-refractivity contribution in [2.45, 2.75) is 45.1 Å². The number of hydrogen-bond acceptors (Lipinski definition) is 5. The predicted octanol–water partition coefficient (Wildman–Crippen LogP) is 1.94. The van der Waals surface area contributed by atoms with Gasteiger partial charge in [0.15, 0.2) is 11.6 Å². The number of hydrogen-bond donors (Lipinski definition) is 1. The maximum atomic E-state index is 14.6. The Morgan fingerprint density at radius 2 is 2.08 bits per heavy atom. The number of anilines is 1. The van der Waals surface area contributed by atoms with E-state index < -0.39 is 17.2 Å². The lowest BCUT2D eigenvalue weighted by molar-refractivity contribution is -0.148. The van der Waals surface area contributed by atoms with Crippen LogP contribution in [0.4, 0.5) is 10.2 Å². The molecule has 4 rings (SSSR count). The van der Waals surface area contributed by atoms with Crippen molar-refractivity contribution in [3.05, 3.63) is 17.8 Å². The monoisotopic (exact) mass is 348 g/mol. The molecular formula is C18H25FN4O2. The Morgan fingerprint density at radius 1 is 1.32 bits per heavy atom. The average Bonchev–Trinajstić information content (AvgIpc) is 3.29. The van der Waals surface area contributed by atoms with Crippen molar-refractivity contribution in [1.82, 2.24) is 14.9 Å². The summed E-state index contributed by atoms with van der Waals surface area (Å²) in [6, 6.07) is 0.526. The molecule has 2 saturated heterocycles. The summed E-state index contributed by atoms with van der Waals surface area (Å²) in [7, 11) is 0. The van der Waals surface area contributed by atoms with Gasteiger partial charge in [0.25, 0.3) is 0 Å². The molecular weight excluding hydrogens is 323 g/mol. The van der Waals surface area contributed by atoms with Gasteiger partial charge in [-0.2, -0.15) is 0 Å². The van der Waals surface area contributed by atoms with Gasteiger partial charge in [0.2, 0.25) is 0 Å². The second kappa shape index (κ2) is 6.20. The Bertz CT molecular complexity index is 679. The summed E-state index contributed by atoms with van der Waals surface area (Å²) in [5.41, 5.74) is -0.425. The molecule has 2 atom stereocenters. The highest BCUT2D eigenvalue weighted by Gasteiger charge is 2.59. The van der Waals surface area contributed by atoms with E-state index in [0.717, 1.165) is 6.54 Å². The number of rotatable bonds is 4. The molecule has 2 aliphatic heterocycles. The third-order valence-electron chi connectivity index (χ3n) is 6.38. The van der Waals surface area contributed by atoms with E-state index in [0.29, 0.717) is 37.8 Å². The van der Waals surface area contributed by atoms with Gasteiger partial charge in [-0.15, -0.1) is 0 Å². The predicted molar refractivity (Wildman–Crippen MR) is 91.0 cm³/mol. The third-order valence-corrected chi connectivity index (χ3v) is 6.38. The summed E-state index contributed by atoms with van der Waals surface area (Å²) in [5, 5.41) is 9.99. The van der Waals surface area contributed by atoms with E-state index in [9.17, 15) is 14.3 Å². The molecule has 0 amide bonds. The van der Waals surface area contributed by atoms with E-state index >= 15 is 0 Å². The molecule has 25 heavy (non-hydrogen) atoms. The van der Waals surface area contributed by atoms with Crippen molar-refractivity contribution >= 4 is 11.8 Å². The Labute approximate surface area is 147 Å². The summed E-state index contributed by atoms with van der Waals surface area (Å²) >= 11 is 0. The molecule has 0 unspecified atom stereocenters. The lowest BCUT2D eigenvalue weighted by atomic mass is 9.81. The number of carboxylic acid groups (broad SMARTS) is 1. The molecule has 1 aromatic heterocycles. The Morgan fingerprint density at radius 3 is 2.72 bits per heavy atom. The molecule has 6 nitrogen and oxygen atoms in total. The molecule has 0 aromatic carbocycles. The fourth-order valence-electron chi connectivity index (χ4n) is 4.98. The summed E-state index contributed by atoms with van der Waals surface area (Å²) in [4.78, 5) is 24.5. The Kier molecular flexibility index (Phi) is 4.14. The average molecular weight is 348 g/mol. The molecule has 0 spiro atoms. The van der Waals surface area contributed by atoms with Crippen LogP contribution < -0.4 is 4.90 Å². The van der Waals surface area contributed by atoms with Crippen molar-refractivity contribution in [3.63, 3.8) is 0 Å². The van der Waals surface area contributed by atoms with Crippen LogP contribution in [-0.2, 0) is 11.2 Å². The number of aromatic nitrogens is 2. The highest BCUT2D eigenvalue weighted by molar-refractivity contribution is 5.78. The van der Waals surface area contributed by atoms with Crippen LogP contribution in [0.15, 0.2) is 6.33 Å². The Hall–Kier alpha value is -1.76. The maximum absolute atomic E-state index is 14.6. The summed E-state index contributed by atoms with van der Waals surface area (Å²) in [6.07, 6.45) is 6.70. The number of nitrogens with zero attached hydrogens (tertiary/aromatic N) is 4. The van der Waals surface area contributed by atoms with Crippen LogP contribution in [0, 0.1) is 17.2 Å². The quantitative estimate of drug-likeness (QED) is 0.897. The van der Waals surface area contributed by atoms with Crippen LogP contribution in [-0.4, -0.2) is 58.2 Å². The van der Waals surface area contributed by atoms with Gasteiger partial charge >= 0.3 is 5.97 Å². The number of halogens is 1. The highest BCUT2D eigenvalue weighted by atomic mass is 19.1. The first-order valence-electron chi connectivity index (χ1n) is 9.27. The highest BCUT2D eigenvalue weighted by Crippen LogP contribution is 2.46. The van der Waals surface area contributed by atoms with Crippen LogP contribution in [0.2, 0.25) is 0 Å². The van der Waals surface area contributed by atoms with Gasteiger partial charge in [-0.1, -0.05) is 19.8 Å². The van der Waals surface area contributed by atoms with Crippen molar-refractivity contribution in [3.8, 4) is 0 Å². The smallest absolute Gasteiger partial charge is 0.313 e. The molecule has 1 aliphatic carbocycles. The Balaban J connectivity index is 1.59. The maximum Gasteiger partial charge on any atom is 0.313 e. The van der Waals surface area contributed by atoms with Crippen molar-refractivity contribution in [2.24, 2.45) is 11.3 Å². The molecule has 3 fully saturated rings. The van der Waals surface area contributed by atoms with Crippen LogP contribution >= 0.6 is 0 Å². The van der Waals surface area contributed by atoms with Gasteiger partial charge in [-0.3, -0.25) is 9.69 Å². The van der Waals surface area contributed by atoms with E-state index in [1.807, 2.05) is 11.8 Å². The minimum absolute atomic E-state index is 0.0186. The number of aliphatic carboxylic acids is 1. The van der Waals surface area contributed by atoms with E-state index in [1.165, 1.54) is 32.0 Å². The molecule has 136 valence electrons. The molecule has 3 aliphatic rings. The van der Waals surface area contributed by atoms with Gasteiger partial charge in [-0.05, 0) is 19.3 Å². The number of carboxylic acids is 1. The molecule has 1 aromatic rings. The standard InChI is InChI=1S/C18H25FN4O2/c1-2-14-15(19)16(21-11-20-14)23-8-12-7-22(13-5-3-4-6-13)9-18(12,10-23)17(24)25/h11-13H,2-10H2,1H3,(H,24,25)/t12-,18-/m0/s1. The van der Waals surface area contributed by atoms with Gasteiger partial charge in [0, 0.05) is 38.1 Å². The number of fused-ring (bicyclic) bond motifs is 1. The number of likely N-dealkylation sites (tertiary alicyclic amines) is 1. The summed E-state index contributed by atoms with van der Waals surface area (Å²) in [6.45, 7) is 4.09. The van der Waals surface area contributed by atoms with Gasteiger partial charge in [0.1, 0.15) is 11.7 Å². The molecule has 0 radical (unpaired) electrons. The van der Waals surface area contributed by atoms with E-state index in [4.69, 9.17) is 0 Å². The molecule has 0 bridgehead atoms. The van der Waals surface area contributed by atoms with E-state index in [-0.39, 0.29) is 11.7 Å². The first-order chi connectivity index (χ1) is 12.0. The molecule has 1 N–H and O–H groups in total. The third kappa shape index (κ3) is 2.60. The zero-order valence-electron chi connectivity index (χ0n) is 14.6. The lowest BCUT2D eigenvalue weighted by Gasteiger charge is -2.29. The molecule has 1 saturated carbocycles. The van der Waals surface area contributed by atoms with E-state index in [2.05, 4.69) is 14.9 Å². The van der Waals surface area contributed by atoms with Crippen molar-refractivity contribution in [2.75, 3.05) is 31.1 Å². The van der Waals surface area contributed by atoms with Gasteiger partial charge in [0.05, 0.1) is 5.69 Å². The SMILES string of the molecule is CCc1ncnc(N2C[C@@H]3CN(C4CCCC4)C[C@]3(C(=O)O)C2)c1F. The minimum Gasteiger partial charge on any atom is -0.481 e. The second-order valence-corrected chi connectivity index (χ2v) is 7.72. The first-order valence-corrected chi connectivity index (χ1v) is 9.27. The van der Waals surface area contributed by atoms with Gasteiger partial charge in [-0.25, -0.2) is 14.4 Å². The van der Waals surface area contributed by atoms with E-state index in [1.54, 1.807) is 0 Å². The zero-order chi connectivity index (χ0) is 17.6. The molecule has 3 heterocycles. The normalized spacial score (nSPS) is 30.2. The molecule has 7 heteroatoms. The number of carbonyl (C=O) groups is 1. The van der Waals surface area contributed by atoms with Gasteiger partial charge < -0.3 is 10.0 Å². The zero-order valence-corrected chi connectivity index (χ0v) is 14.6. The van der Waals surface area contributed by atoms with Crippen LogP contribution in [0.3, 0.4) is 0 Å². The van der Waals surface area contributed by atoms with Crippen molar-refractivity contribution in [1.29, 1.82) is 0 Å².